The van der Waals surface area contributed by atoms with Gasteiger partial charge in [0.05, 0.1) is 30.0 Å². The summed E-state index contributed by atoms with van der Waals surface area (Å²) in [5.74, 6) is -0.0738. The number of hydrogen-bond acceptors (Lipinski definition) is 6. The number of ketones is 1. The number of Topliss-reactive ketones (excluding diaryl/α,β-unsaturated/α-hetero) is 1. The minimum absolute atomic E-state index is 0.000481. The lowest BCUT2D eigenvalue weighted by molar-refractivity contribution is -0.142. The van der Waals surface area contributed by atoms with Crippen LogP contribution >= 0.6 is 0 Å². The standard InChI is InChI=1S/C20H18N2O5/c1-26-17-9-5-3-7-14(17)16(23)12-27-19(24)11-10-18-21-15-8-4-2-6-13(15)20(25)22-18/h2-9H,10-12H2,1H3,(H,21,22,25). The molecule has 0 saturated heterocycles. The summed E-state index contributed by atoms with van der Waals surface area (Å²) in [6.45, 7) is -0.374. The van der Waals surface area contributed by atoms with Crippen molar-refractivity contribution >= 4 is 22.7 Å². The van der Waals surface area contributed by atoms with Gasteiger partial charge in [0.1, 0.15) is 11.6 Å². The van der Waals surface area contributed by atoms with Gasteiger partial charge < -0.3 is 14.5 Å². The highest BCUT2D eigenvalue weighted by molar-refractivity contribution is 6.00. The van der Waals surface area contributed by atoms with Gasteiger partial charge in [-0.15, -0.1) is 0 Å². The number of ether oxygens (including phenoxy) is 2. The first kappa shape index (κ1) is 18.3. The van der Waals surface area contributed by atoms with E-state index in [1.807, 2.05) is 0 Å². The predicted octanol–water partition coefficient (Wildman–Crippen LogP) is 2.29. The molecule has 1 N–H and O–H groups in total. The third-order valence-electron chi connectivity index (χ3n) is 4.00. The van der Waals surface area contributed by atoms with Gasteiger partial charge in [-0.25, -0.2) is 4.98 Å². The average molecular weight is 366 g/mol. The molecule has 1 heterocycles. The second kappa shape index (κ2) is 8.27. The number of rotatable bonds is 7. The van der Waals surface area contributed by atoms with E-state index in [4.69, 9.17) is 9.47 Å². The zero-order valence-electron chi connectivity index (χ0n) is 14.7. The van der Waals surface area contributed by atoms with E-state index in [9.17, 15) is 14.4 Å². The van der Waals surface area contributed by atoms with Crippen LogP contribution in [0.3, 0.4) is 0 Å². The number of carbonyl (C=O) groups excluding carboxylic acids is 2. The zero-order valence-corrected chi connectivity index (χ0v) is 14.7. The number of aromatic nitrogens is 2. The summed E-state index contributed by atoms with van der Waals surface area (Å²) in [6.07, 6.45) is 0.211. The molecule has 0 aliphatic carbocycles. The lowest BCUT2D eigenvalue weighted by atomic mass is 10.1. The lowest BCUT2D eigenvalue weighted by Gasteiger charge is -2.08. The van der Waals surface area contributed by atoms with Crippen LogP contribution in [0.15, 0.2) is 53.3 Å². The first-order valence-electron chi connectivity index (χ1n) is 8.38. The number of esters is 1. The number of para-hydroxylation sites is 2. The Hall–Kier alpha value is -3.48. The first-order valence-corrected chi connectivity index (χ1v) is 8.38. The second-order valence-corrected chi connectivity index (χ2v) is 5.81. The third-order valence-corrected chi connectivity index (χ3v) is 4.00. The Morgan fingerprint density at radius 2 is 1.81 bits per heavy atom. The number of H-pyrrole nitrogens is 1. The molecular formula is C20H18N2O5. The van der Waals surface area contributed by atoms with Crippen LogP contribution in [0.1, 0.15) is 22.6 Å². The van der Waals surface area contributed by atoms with Crippen molar-refractivity contribution in [1.29, 1.82) is 0 Å². The number of nitrogens with zero attached hydrogens (tertiary/aromatic N) is 1. The highest BCUT2D eigenvalue weighted by atomic mass is 16.5. The zero-order chi connectivity index (χ0) is 19.2. The SMILES string of the molecule is COc1ccccc1C(=O)COC(=O)CCc1nc2ccccc2c(=O)[nH]1. The number of fused-ring (bicyclic) bond motifs is 1. The molecule has 0 amide bonds. The Morgan fingerprint density at radius 3 is 2.63 bits per heavy atom. The van der Waals surface area contributed by atoms with Gasteiger partial charge in [0.15, 0.2) is 6.61 Å². The Morgan fingerprint density at radius 1 is 1.07 bits per heavy atom. The molecule has 3 rings (SSSR count). The summed E-state index contributed by atoms with van der Waals surface area (Å²) in [6, 6.07) is 13.7. The number of aryl methyl sites for hydroxylation is 1. The van der Waals surface area contributed by atoms with Crippen molar-refractivity contribution in [3.63, 3.8) is 0 Å². The van der Waals surface area contributed by atoms with Gasteiger partial charge in [0.2, 0.25) is 5.78 Å². The minimum Gasteiger partial charge on any atom is -0.496 e. The van der Waals surface area contributed by atoms with Gasteiger partial charge in [0, 0.05) is 6.42 Å². The molecule has 0 atom stereocenters. The summed E-state index contributed by atoms with van der Waals surface area (Å²) in [5, 5.41) is 0.492. The van der Waals surface area contributed by atoms with E-state index in [0.717, 1.165) is 0 Å². The van der Waals surface area contributed by atoms with Gasteiger partial charge in [-0.3, -0.25) is 14.4 Å². The number of carbonyl (C=O) groups is 2. The molecule has 0 aliphatic heterocycles. The molecule has 138 valence electrons. The Labute approximate surface area is 155 Å². The van der Waals surface area contributed by atoms with Crippen molar-refractivity contribution in [3.05, 3.63) is 70.3 Å². The van der Waals surface area contributed by atoms with Crippen molar-refractivity contribution in [3.8, 4) is 5.75 Å². The fourth-order valence-electron chi connectivity index (χ4n) is 2.64. The van der Waals surface area contributed by atoms with E-state index in [2.05, 4.69) is 9.97 Å². The molecule has 0 aliphatic rings. The fraction of sp³-hybridized carbons (Fsp3) is 0.200. The van der Waals surface area contributed by atoms with Gasteiger partial charge in [-0.1, -0.05) is 24.3 Å². The molecule has 3 aromatic rings. The molecule has 7 nitrogen and oxygen atoms in total. The summed E-state index contributed by atoms with van der Waals surface area (Å²) in [5.41, 5.74) is 0.666. The maximum Gasteiger partial charge on any atom is 0.306 e. The lowest BCUT2D eigenvalue weighted by Crippen LogP contribution is -2.17. The number of hydrogen-bond donors (Lipinski definition) is 1. The number of nitrogens with one attached hydrogen (secondary N) is 1. The molecule has 0 bridgehead atoms. The van der Waals surface area contributed by atoms with Crippen LogP contribution in [0.5, 0.6) is 5.75 Å². The third kappa shape index (κ3) is 4.38. The van der Waals surface area contributed by atoms with E-state index >= 15 is 0 Å². The number of benzene rings is 2. The average Bonchev–Trinajstić information content (AvgIpc) is 2.70. The molecule has 2 aromatic carbocycles. The highest BCUT2D eigenvalue weighted by Crippen LogP contribution is 2.17. The predicted molar refractivity (Wildman–Crippen MR) is 99.0 cm³/mol. The van der Waals surface area contributed by atoms with Gasteiger partial charge in [0.25, 0.3) is 5.56 Å². The van der Waals surface area contributed by atoms with E-state index < -0.39 is 5.97 Å². The molecule has 27 heavy (non-hydrogen) atoms. The quantitative estimate of drug-likeness (QED) is 0.509. The molecule has 0 saturated carbocycles. The van der Waals surface area contributed by atoms with Crippen molar-refractivity contribution < 1.29 is 19.1 Å². The molecule has 0 fully saturated rings. The van der Waals surface area contributed by atoms with Crippen LogP contribution in [-0.2, 0) is 16.0 Å². The maximum atomic E-state index is 12.2. The van der Waals surface area contributed by atoms with Crippen molar-refractivity contribution in [1.82, 2.24) is 9.97 Å². The molecule has 0 spiro atoms. The Balaban J connectivity index is 1.57. The van der Waals surface area contributed by atoms with E-state index in [1.165, 1.54) is 7.11 Å². The van der Waals surface area contributed by atoms with Crippen LogP contribution in [0.2, 0.25) is 0 Å². The Kier molecular flexibility index (Phi) is 5.61. The minimum atomic E-state index is -0.547. The second-order valence-electron chi connectivity index (χ2n) is 5.81. The van der Waals surface area contributed by atoms with Gasteiger partial charge in [-0.05, 0) is 24.3 Å². The molecule has 0 radical (unpaired) electrons. The van der Waals surface area contributed by atoms with Crippen LogP contribution in [0.4, 0.5) is 0 Å². The monoisotopic (exact) mass is 366 g/mol. The summed E-state index contributed by atoms with van der Waals surface area (Å²) < 4.78 is 10.2. The van der Waals surface area contributed by atoms with E-state index in [-0.39, 0.29) is 30.8 Å². The largest absolute Gasteiger partial charge is 0.496 e. The van der Waals surface area contributed by atoms with Crippen LogP contribution in [-0.4, -0.2) is 35.4 Å². The molecular weight excluding hydrogens is 348 g/mol. The van der Waals surface area contributed by atoms with Crippen molar-refractivity contribution in [2.75, 3.05) is 13.7 Å². The molecule has 1 aromatic heterocycles. The topological polar surface area (TPSA) is 98.3 Å². The first-order chi connectivity index (χ1) is 13.1. The maximum absolute atomic E-state index is 12.2. The normalized spacial score (nSPS) is 10.6. The van der Waals surface area contributed by atoms with E-state index in [1.54, 1.807) is 48.5 Å². The van der Waals surface area contributed by atoms with E-state index in [0.29, 0.717) is 28.0 Å². The van der Waals surface area contributed by atoms with Crippen LogP contribution in [0, 0.1) is 0 Å². The molecule has 7 heteroatoms. The summed E-state index contributed by atoms with van der Waals surface area (Å²) in [7, 11) is 1.47. The molecule has 0 unspecified atom stereocenters. The van der Waals surface area contributed by atoms with Gasteiger partial charge >= 0.3 is 5.97 Å². The van der Waals surface area contributed by atoms with Crippen LogP contribution in [0.25, 0.3) is 10.9 Å². The summed E-state index contributed by atoms with van der Waals surface area (Å²) in [4.78, 5) is 43.1. The number of aromatic amines is 1. The van der Waals surface area contributed by atoms with Gasteiger partial charge in [-0.2, -0.15) is 0 Å². The van der Waals surface area contributed by atoms with Crippen molar-refractivity contribution in [2.45, 2.75) is 12.8 Å². The number of methoxy groups -OCH3 is 1. The van der Waals surface area contributed by atoms with Crippen molar-refractivity contribution in [2.24, 2.45) is 0 Å². The smallest absolute Gasteiger partial charge is 0.306 e. The Bertz CT molecular complexity index is 1040. The highest BCUT2D eigenvalue weighted by Gasteiger charge is 2.14. The van der Waals surface area contributed by atoms with Crippen LogP contribution < -0.4 is 10.3 Å². The summed E-state index contributed by atoms with van der Waals surface area (Å²) >= 11 is 0. The fourth-order valence-corrected chi connectivity index (χ4v) is 2.64.